The summed E-state index contributed by atoms with van der Waals surface area (Å²) in [7, 11) is 0. The number of aryl methyl sites for hydroxylation is 2. The number of hydrogen-bond acceptors (Lipinski definition) is 1. The third-order valence-electron chi connectivity index (χ3n) is 5.88. The van der Waals surface area contributed by atoms with Crippen molar-refractivity contribution in [3.8, 4) is 5.69 Å². The summed E-state index contributed by atoms with van der Waals surface area (Å²) in [6.07, 6.45) is 2.06. The van der Waals surface area contributed by atoms with Crippen LogP contribution in [0.15, 0.2) is 85.1 Å². The number of hydrogen-bond donors (Lipinski definition) is 1. The van der Waals surface area contributed by atoms with Crippen LogP contribution in [0.2, 0.25) is 5.02 Å². The van der Waals surface area contributed by atoms with Crippen molar-refractivity contribution in [1.29, 1.82) is 0 Å². The Bertz CT molecular complexity index is 1270. The van der Waals surface area contributed by atoms with Crippen LogP contribution in [0.4, 0.5) is 10.5 Å². The molecule has 1 aromatic heterocycles. The number of nitrogens with one attached hydrogen (secondary N) is 1. The van der Waals surface area contributed by atoms with E-state index in [9.17, 15) is 4.79 Å². The van der Waals surface area contributed by atoms with Crippen molar-refractivity contribution >= 4 is 23.3 Å². The fourth-order valence-corrected chi connectivity index (χ4v) is 4.70. The minimum absolute atomic E-state index is 0.139. The van der Waals surface area contributed by atoms with Gasteiger partial charge in [-0.1, -0.05) is 48.0 Å². The van der Waals surface area contributed by atoms with E-state index in [1.165, 1.54) is 0 Å². The van der Waals surface area contributed by atoms with Crippen LogP contribution >= 0.6 is 11.6 Å². The number of amides is 2. The molecule has 2 amide bonds. The van der Waals surface area contributed by atoms with Crippen molar-refractivity contribution in [1.82, 2.24) is 9.47 Å². The second kappa shape index (κ2) is 8.21. The third kappa shape index (κ3) is 3.78. The van der Waals surface area contributed by atoms with Crippen LogP contribution in [0.5, 0.6) is 0 Å². The maximum absolute atomic E-state index is 13.7. The topological polar surface area (TPSA) is 37.3 Å². The van der Waals surface area contributed by atoms with Crippen LogP contribution in [0.3, 0.4) is 0 Å². The van der Waals surface area contributed by atoms with E-state index in [1.807, 2.05) is 73.3 Å². The van der Waals surface area contributed by atoms with Gasteiger partial charge in [0.05, 0.1) is 18.3 Å². The van der Waals surface area contributed by atoms with Gasteiger partial charge in [-0.15, -0.1) is 0 Å². The first kappa shape index (κ1) is 20.4. The van der Waals surface area contributed by atoms with Crippen molar-refractivity contribution in [2.45, 2.75) is 26.4 Å². The Balaban J connectivity index is 1.62. The van der Waals surface area contributed by atoms with Gasteiger partial charge < -0.3 is 14.8 Å². The minimum Gasteiger partial charge on any atom is -0.318 e. The smallest absolute Gasteiger partial charge is 0.318 e. The van der Waals surface area contributed by atoms with Gasteiger partial charge in [-0.2, -0.15) is 0 Å². The van der Waals surface area contributed by atoms with Crippen LogP contribution in [0.25, 0.3) is 5.69 Å². The summed E-state index contributed by atoms with van der Waals surface area (Å²) in [6.45, 7) is 4.56. The molecule has 0 bridgehead atoms. The molecule has 32 heavy (non-hydrogen) atoms. The number of aromatic nitrogens is 1. The molecule has 4 aromatic rings. The fraction of sp³-hybridized carbons (Fsp3) is 0.148. The van der Waals surface area contributed by atoms with Gasteiger partial charge in [-0.05, 0) is 78.6 Å². The van der Waals surface area contributed by atoms with Crippen LogP contribution in [0, 0.1) is 13.8 Å². The summed E-state index contributed by atoms with van der Waals surface area (Å²) in [4.78, 5) is 15.6. The van der Waals surface area contributed by atoms with Crippen LogP contribution in [-0.2, 0) is 6.54 Å². The number of urea groups is 1. The van der Waals surface area contributed by atoms with Crippen LogP contribution in [0.1, 0.15) is 34.0 Å². The van der Waals surface area contributed by atoms with E-state index in [2.05, 4.69) is 40.3 Å². The molecule has 1 N–H and O–H groups in total. The lowest BCUT2D eigenvalue weighted by atomic mass is 10.0. The zero-order valence-electron chi connectivity index (χ0n) is 18.0. The maximum atomic E-state index is 13.7. The lowest BCUT2D eigenvalue weighted by Gasteiger charge is -2.31. The third-order valence-corrected chi connectivity index (χ3v) is 6.14. The van der Waals surface area contributed by atoms with Crippen molar-refractivity contribution in [3.63, 3.8) is 0 Å². The lowest BCUT2D eigenvalue weighted by Crippen LogP contribution is -2.37. The molecule has 3 aromatic carbocycles. The molecule has 1 aliphatic rings. The molecule has 0 spiro atoms. The molecule has 0 saturated heterocycles. The van der Waals surface area contributed by atoms with E-state index < -0.39 is 0 Å². The quantitative estimate of drug-likeness (QED) is 0.361. The number of para-hydroxylation sites is 1. The Morgan fingerprint density at radius 1 is 0.938 bits per heavy atom. The van der Waals surface area contributed by atoms with Crippen LogP contribution < -0.4 is 5.32 Å². The highest BCUT2D eigenvalue weighted by molar-refractivity contribution is 6.30. The van der Waals surface area contributed by atoms with Gasteiger partial charge in [0.2, 0.25) is 0 Å². The molecular formula is C27H24ClN3O. The molecule has 2 heterocycles. The molecule has 1 atom stereocenters. The molecule has 5 rings (SSSR count). The standard InChI is InChI=1S/C27H24ClN3O/c1-18-14-19(2)16-23(15-18)29-27(32)31-17-21-6-3-4-7-24(21)30-13-5-8-25(30)26(31)20-9-11-22(28)12-10-20/h3-16,26H,17H2,1-2H3,(H,29,32)/t26-/m1/s1. The monoisotopic (exact) mass is 441 g/mol. The molecule has 0 radical (unpaired) electrons. The summed E-state index contributed by atoms with van der Waals surface area (Å²) < 4.78 is 2.18. The summed E-state index contributed by atoms with van der Waals surface area (Å²) in [6, 6.07) is 25.8. The average molecular weight is 442 g/mol. The van der Waals surface area contributed by atoms with E-state index in [-0.39, 0.29) is 12.1 Å². The molecular weight excluding hydrogens is 418 g/mol. The van der Waals surface area contributed by atoms with Gasteiger partial charge in [-0.3, -0.25) is 0 Å². The normalized spacial score (nSPS) is 15.0. The highest BCUT2D eigenvalue weighted by Gasteiger charge is 2.33. The van der Waals surface area contributed by atoms with Gasteiger partial charge >= 0.3 is 6.03 Å². The zero-order chi connectivity index (χ0) is 22.2. The minimum atomic E-state index is -0.263. The van der Waals surface area contributed by atoms with Gasteiger partial charge in [0.15, 0.2) is 0 Å². The molecule has 0 aliphatic carbocycles. The first-order chi connectivity index (χ1) is 15.5. The van der Waals surface area contributed by atoms with Crippen molar-refractivity contribution < 1.29 is 4.79 Å². The predicted octanol–water partition coefficient (Wildman–Crippen LogP) is 6.88. The second-order valence-electron chi connectivity index (χ2n) is 8.32. The number of carbonyl (C=O) groups is 1. The van der Waals surface area contributed by atoms with Gasteiger partial charge in [0.25, 0.3) is 0 Å². The maximum Gasteiger partial charge on any atom is 0.322 e. The van der Waals surface area contributed by atoms with E-state index in [0.29, 0.717) is 11.6 Å². The largest absolute Gasteiger partial charge is 0.322 e. The number of fused-ring (bicyclic) bond motifs is 3. The van der Waals surface area contributed by atoms with E-state index in [1.54, 1.807) is 0 Å². The fourth-order valence-electron chi connectivity index (χ4n) is 4.58. The van der Waals surface area contributed by atoms with Gasteiger partial charge in [-0.25, -0.2) is 4.79 Å². The average Bonchev–Trinajstić information content (AvgIpc) is 3.18. The van der Waals surface area contributed by atoms with E-state index in [4.69, 9.17) is 11.6 Å². The van der Waals surface area contributed by atoms with Gasteiger partial charge in [0, 0.05) is 22.6 Å². The number of carbonyl (C=O) groups excluding carboxylic acids is 1. The van der Waals surface area contributed by atoms with Gasteiger partial charge in [0.1, 0.15) is 0 Å². The molecule has 0 fully saturated rings. The number of nitrogens with zero attached hydrogens (tertiary/aromatic N) is 2. The summed E-state index contributed by atoms with van der Waals surface area (Å²) in [5.74, 6) is 0. The van der Waals surface area contributed by atoms with Crippen molar-refractivity contribution in [2.75, 3.05) is 5.32 Å². The number of benzene rings is 3. The highest BCUT2D eigenvalue weighted by Crippen LogP contribution is 2.37. The Kier molecular flexibility index (Phi) is 5.24. The SMILES string of the molecule is Cc1cc(C)cc(NC(=O)N2Cc3ccccc3-n3cccc3[C@H]2c2ccc(Cl)cc2)c1. The summed E-state index contributed by atoms with van der Waals surface area (Å²) in [5, 5.41) is 3.81. The second-order valence-corrected chi connectivity index (χ2v) is 8.76. The molecule has 4 nitrogen and oxygen atoms in total. The van der Waals surface area contributed by atoms with E-state index in [0.717, 1.165) is 39.3 Å². The van der Waals surface area contributed by atoms with Crippen LogP contribution in [-0.4, -0.2) is 15.5 Å². The molecule has 160 valence electrons. The lowest BCUT2D eigenvalue weighted by molar-refractivity contribution is 0.194. The Morgan fingerprint density at radius 2 is 1.66 bits per heavy atom. The zero-order valence-corrected chi connectivity index (χ0v) is 18.8. The Morgan fingerprint density at radius 3 is 2.41 bits per heavy atom. The summed E-state index contributed by atoms with van der Waals surface area (Å²) in [5.41, 5.74) is 7.26. The number of rotatable bonds is 2. The molecule has 0 unspecified atom stereocenters. The molecule has 0 saturated carbocycles. The highest BCUT2D eigenvalue weighted by atomic mass is 35.5. The Hall–Kier alpha value is -3.50. The summed E-state index contributed by atoms with van der Waals surface area (Å²) >= 11 is 6.17. The first-order valence-electron chi connectivity index (χ1n) is 10.7. The number of halogens is 1. The van der Waals surface area contributed by atoms with Crippen molar-refractivity contribution in [3.05, 3.63) is 118 Å². The molecule has 5 heteroatoms. The first-order valence-corrected chi connectivity index (χ1v) is 11.0. The number of anilines is 1. The van der Waals surface area contributed by atoms with E-state index >= 15 is 0 Å². The Labute approximate surface area is 193 Å². The predicted molar refractivity (Wildman–Crippen MR) is 130 cm³/mol. The molecule has 1 aliphatic heterocycles. The van der Waals surface area contributed by atoms with Crippen molar-refractivity contribution in [2.24, 2.45) is 0 Å².